The third-order valence-electron chi connectivity index (χ3n) is 3.04. The van der Waals surface area contributed by atoms with Crippen LogP contribution in [0.4, 0.5) is 0 Å². The van der Waals surface area contributed by atoms with E-state index < -0.39 is 0 Å². The van der Waals surface area contributed by atoms with E-state index in [1.807, 2.05) is 24.3 Å². The quantitative estimate of drug-likeness (QED) is 0.895. The molecule has 0 radical (unpaired) electrons. The molecule has 3 nitrogen and oxygen atoms in total. The van der Waals surface area contributed by atoms with Gasteiger partial charge in [-0.15, -0.1) is 0 Å². The number of rotatable bonds is 4. The molecule has 2 N–H and O–H groups in total. The van der Waals surface area contributed by atoms with Gasteiger partial charge < -0.3 is 10.5 Å². The van der Waals surface area contributed by atoms with E-state index in [9.17, 15) is 0 Å². The molecule has 2 rings (SSSR count). The minimum Gasteiger partial charge on any atom is -0.491 e. The molecule has 1 aromatic carbocycles. The Morgan fingerprint density at radius 2 is 2.24 bits per heavy atom. The molecule has 0 unspecified atom stereocenters. The van der Waals surface area contributed by atoms with Crippen molar-refractivity contribution in [2.24, 2.45) is 5.73 Å². The standard InChI is InChI=1S/C13H19ClN2O/c14-12-5-1-2-6-13(12)17-9-8-16-7-3-4-11(15)10-16/h1-2,5-6,11H,3-4,7-10,15H2/t11-/m1/s1. The van der Waals surface area contributed by atoms with E-state index in [4.69, 9.17) is 22.1 Å². The monoisotopic (exact) mass is 254 g/mol. The first kappa shape index (κ1) is 12.7. The van der Waals surface area contributed by atoms with E-state index in [0.29, 0.717) is 17.7 Å². The summed E-state index contributed by atoms with van der Waals surface area (Å²) in [6.07, 6.45) is 2.33. The van der Waals surface area contributed by atoms with Gasteiger partial charge in [0.05, 0.1) is 5.02 Å². The van der Waals surface area contributed by atoms with Crippen molar-refractivity contribution in [3.8, 4) is 5.75 Å². The maximum absolute atomic E-state index is 6.01. The second kappa shape index (κ2) is 6.24. The van der Waals surface area contributed by atoms with Gasteiger partial charge in [0.15, 0.2) is 0 Å². The molecule has 1 saturated heterocycles. The minimum absolute atomic E-state index is 0.323. The van der Waals surface area contributed by atoms with Gasteiger partial charge in [-0.1, -0.05) is 23.7 Å². The topological polar surface area (TPSA) is 38.5 Å². The largest absolute Gasteiger partial charge is 0.491 e. The van der Waals surface area contributed by atoms with Gasteiger partial charge in [0.2, 0.25) is 0 Å². The van der Waals surface area contributed by atoms with Crippen LogP contribution < -0.4 is 10.5 Å². The average molecular weight is 255 g/mol. The van der Waals surface area contributed by atoms with E-state index in [1.165, 1.54) is 6.42 Å². The Hall–Kier alpha value is -0.770. The molecule has 0 saturated carbocycles. The lowest BCUT2D eigenvalue weighted by Crippen LogP contribution is -2.44. The highest BCUT2D eigenvalue weighted by molar-refractivity contribution is 6.32. The van der Waals surface area contributed by atoms with Crippen LogP contribution in [0.25, 0.3) is 0 Å². The smallest absolute Gasteiger partial charge is 0.137 e. The van der Waals surface area contributed by atoms with Crippen molar-refractivity contribution in [1.82, 2.24) is 4.90 Å². The van der Waals surface area contributed by atoms with Crippen molar-refractivity contribution in [3.05, 3.63) is 29.3 Å². The van der Waals surface area contributed by atoms with Crippen LogP contribution in [0.15, 0.2) is 24.3 Å². The molecule has 1 atom stereocenters. The third kappa shape index (κ3) is 3.87. The summed E-state index contributed by atoms with van der Waals surface area (Å²) in [5, 5.41) is 0.669. The summed E-state index contributed by atoms with van der Waals surface area (Å²) in [5.41, 5.74) is 5.93. The van der Waals surface area contributed by atoms with Gasteiger partial charge >= 0.3 is 0 Å². The van der Waals surface area contributed by atoms with Crippen LogP contribution in [-0.2, 0) is 0 Å². The highest BCUT2D eigenvalue weighted by atomic mass is 35.5. The number of ether oxygens (including phenoxy) is 1. The number of piperidine rings is 1. The highest BCUT2D eigenvalue weighted by Crippen LogP contribution is 2.22. The van der Waals surface area contributed by atoms with Crippen molar-refractivity contribution in [2.45, 2.75) is 18.9 Å². The molecule has 1 aliphatic heterocycles. The zero-order valence-electron chi connectivity index (χ0n) is 9.94. The van der Waals surface area contributed by atoms with E-state index >= 15 is 0 Å². The molecular formula is C13H19ClN2O. The molecule has 1 aromatic rings. The van der Waals surface area contributed by atoms with Gasteiger partial charge in [0.25, 0.3) is 0 Å². The first-order valence-corrected chi connectivity index (χ1v) is 6.49. The van der Waals surface area contributed by atoms with Crippen LogP contribution >= 0.6 is 11.6 Å². The molecule has 1 fully saturated rings. The lowest BCUT2D eigenvalue weighted by atomic mass is 10.1. The van der Waals surface area contributed by atoms with E-state index in [2.05, 4.69) is 4.90 Å². The number of hydrogen-bond acceptors (Lipinski definition) is 3. The van der Waals surface area contributed by atoms with Gasteiger partial charge in [-0.3, -0.25) is 4.90 Å². The first-order chi connectivity index (χ1) is 8.25. The summed E-state index contributed by atoms with van der Waals surface area (Å²) in [5.74, 6) is 0.760. The van der Waals surface area contributed by atoms with Gasteiger partial charge in [-0.2, -0.15) is 0 Å². The van der Waals surface area contributed by atoms with Crippen molar-refractivity contribution >= 4 is 11.6 Å². The van der Waals surface area contributed by atoms with Crippen molar-refractivity contribution in [3.63, 3.8) is 0 Å². The summed E-state index contributed by atoms with van der Waals surface area (Å²) >= 11 is 6.01. The molecule has 1 heterocycles. The SMILES string of the molecule is N[C@@H]1CCCN(CCOc2ccccc2Cl)C1. The molecule has 0 bridgehead atoms. The summed E-state index contributed by atoms with van der Waals surface area (Å²) in [6, 6.07) is 7.89. The average Bonchev–Trinajstić information content (AvgIpc) is 2.32. The Kier molecular flexibility index (Phi) is 4.66. The zero-order chi connectivity index (χ0) is 12.1. The fourth-order valence-corrected chi connectivity index (χ4v) is 2.33. The molecule has 94 valence electrons. The van der Waals surface area contributed by atoms with Gasteiger partial charge in [-0.05, 0) is 31.5 Å². The molecule has 1 aliphatic rings. The molecule has 0 amide bonds. The van der Waals surface area contributed by atoms with Crippen LogP contribution in [0.3, 0.4) is 0 Å². The third-order valence-corrected chi connectivity index (χ3v) is 3.36. The summed E-state index contributed by atoms with van der Waals surface area (Å²) in [4.78, 5) is 2.35. The Bertz CT molecular complexity index is 359. The van der Waals surface area contributed by atoms with Crippen molar-refractivity contribution in [1.29, 1.82) is 0 Å². The number of para-hydroxylation sites is 1. The molecular weight excluding hydrogens is 236 g/mol. The molecule has 17 heavy (non-hydrogen) atoms. The second-order valence-corrected chi connectivity index (χ2v) is 4.89. The lowest BCUT2D eigenvalue weighted by molar-refractivity contribution is 0.171. The summed E-state index contributed by atoms with van der Waals surface area (Å²) in [6.45, 7) is 3.68. The molecule has 0 spiro atoms. The van der Waals surface area contributed by atoms with Gasteiger partial charge in [0, 0.05) is 19.1 Å². The lowest BCUT2D eigenvalue weighted by Gasteiger charge is -2.30. The van der Waals surface area contributed by atoms with E-state index in [1.54, 1.807) is 0 Å². The Balaban J connectivity index is 1.74. The maximum atomic E-state index is 6.01. The van der Waals surface area contributed by atoms with Crippen molar-refractivity contribution in [2.75, 3.05) is 26.2 Å². The highest BCUT2D eigenvalue weighted by Gasteiger charge is 2.16. The number of benzene rings is 1. The van der Waals surface area contributed by atoms with Gasteiger partial charge in [-0.25, -0.2) is 0 Å². The van der Waals surface area contributed by atoms with Crippen LogP contribution in [0.1, 0.15) is 12.8 Å². The number of halogens is 1. The Morgan fingerprint density at radius 3 is 3.00 bits per heavy atom. The molecule has 0 aromatic heterocycles. The van der Waals surface area contributed by atoms with Crippen molar-refractivity contribution < 1.29 is 4.74 Å². The van der Waals surface area contributed by atoms with E-state index in [0.717, 1.165) is 31.8 Å². The van der Waals surface area contributed by atoms with E-state index in [-0.39, 0.29) is 0 Å². The summed E-state index contributed by atoms with van der Waals surface area (Å²) in [7, 11) is 0. The normalized spacial score (nSPS) is 21.4. The number of hydrogen-bond donors (Lipinski definition) is 1. The predicted molar refractivity (Wildman–Crippen MR) is 70.6 cm³/mol. The molecule has 0 aliphatic carbocycles. The Labute approximate surface area is 107 Å². The van der Waals surface area contributed by atoms with Crippen LogP contribution in [0.5, 0.6) is 5.75 Å². The zero-order valence-corrected chi connectivity index (χ0v) is 10.7. The maximum Gasteiger partial charge on any atom is 0.137 e. The first-order valence-electron chi connectivity index (χ1n) is 6.11. The Morgan fingerprint density at radius 1 is 1.41 bits per heavy atom. The van der Waals surface area contributed by atoms with Gasteiger partial charge in [0.1, 0.15) is 12.4 Å². The molecule has 4 heteroatoms. The fourth-order valence-electron chi connectivity index (χ4n) is 2.14. The number of nitrogens with zero attached hydrogens (tertiary/aromatic N) is 1. The van der Waals surface area contributed by atoms with Crippen LogP contribution in [0.2, 0.25) is 5.02 Å². The van der Waals surface area contributed by atoms with Crippen LogP contribution in [0, 0.1) is 0 Å². The summed E-state index contributed by atoms with van der Waals surface area (Å²) < 4.78 is 5.66. The number of likely N-dealkylation sites (tertiary alicyclic amines) is 1. The fraction of sp³-hybridized carbons (Fsp3) is 0.538. The van der Waals surface area contributed by atoms with Crippen LogP contribution in [-0.4, -0.2) is 37.2 Å². The second-order valence-electron chi connectivity index (χ2n) is 4.48. The predicted octanol–water partition coefficient (Wildman–Crippen LogP) is 2.14. The minimum atomic E-state index is 0.323. The number of nitrogens with two attached hydrogens (primary N) is 1.